The van der Waals surface area contributed by atoms with E-state index in [-0.39, 0.29) is 18.1 Å². The minimum atomic E-state index is -0.832. The van der Waals surface area contributed by atoms with Crippen LogP contribution in [0.25, 0.3) is 0 Å². The summed E-state index contributed by atoms with van der Waals surface area (Å²) in [5.74, 6) is -1.83. The highest BCUT2D eigenvalue weighted by molar-refractivity contribution is 5.55. The van der Waals surface area contributed by atoms with E-state index < -0.39 is 11.6 Å². The number of ether oxygens (including phenoxy) is 4. The van der Waals surface area contributed by atoms with Gasteiger partial charge in [-0.05, 0) is 0 Å². The van der Waals surface area contributed by atoms with Crippen molar-refractivity contribution in [3.8, 4) is 0 Å². The van der Waals surface area contributed by atoms with Crippen molar-refractivity contribution in [3.63, 3.8) is 0 Å². The first kappa shape index (κ1) is 11.6. The molecule has 2 saturated heterocycles. The summed E-state index contributed by atoms with van der Waals surface area (Å²) in [5.41, 5.74) is 0. The lowest BCUT2D eigenvalue weighted by Gasteiger charge is -2.44. The van der Waals surface area contributed by atoms with Crippen LogP contribution in [0.4, 0.5) is 0 Å². The minimum Gasteiger partial charge on any atom is -0.349 e. The van der Waals surface area contributed by atoms with Gasteiger partial charge in [0.2, 0.25) is 11.6 Å². The SMILES string of the molecule is CO[C@]12C[C@]1(OC)O[C@@H]1CNC[C@H](C=O)[C@H]1O2. The Balaban J connectivity index is 1.84. The molecule has 96 valence electrons. The van der Waals surface area contributed by atoms with Crippen LogP contribution in [-0.2, 0) is 23.7 Å². The summed E-state index contributed by atoms with van der Waals surface area (Å²) >= 11 is 0. The number of fused-ring (bicyclic) bond motifs is 2. The molecule has 0 spiro atoms. The summed E-state index contributed by atoms with van der Waals surface area (Å²) in [5, 5.41) is 3.16. The Kier molecular flexibility index (Phi) is 2.53. The minimum absolute atomic E-state index is 0.162. The molecule has 3 aliphatic rings. The van der Waals surface area contributed by atoms with Crippen molar-refractivity contribution < 1.29 is 23.7 Å². The Morgan fingerprint density at radius 2 is 1.94 bits per heavy atom. The van der Waals surface area contributed by atoms with E-state index in [1.807, 2.05) is 0 Å². The van der Waals surface area contributed by atoms with E-state index in [2.05, 4.69) is 5.32 Å². The van der Waals surface area contributed by atoms with Gasteiger partial charge in [-0.3, -0.25) is 0 Å². The zero-order chi connectivity index (χ0) is 12.1. The Hall–Kier alpha value is -0.530. The molecule has 0 aromatic rings. The van der Waals surface area contributed by atoms with Crippen molar-refractivity contribution in [2.24, 2.45) is 5.92 Å². The first-order valence-electron chi connectivity index (χ1n) is 5.82. The summed E-state index contributed by atoms with van der Waals surface area (Å²) in [4.78, 5) is 11.0. The van der Waals surface area contributed by atoms with Gasteiger partial charge in [0.25, 0.3) is 0 Å². The number of hydrogen-bond acceptors (Lipinski definition) is 6. The highest BCUT2D eigenvalue weighted by atomic mass is 16.8. The van der Waals surface area contributed by atoms with Gasteiger partial charge >= 0.3 is 0 Å². The Morgan fingerprint density at radius 3 is 2.59 bits per heavy atom. The van der Waals surface area contributed by atoms with E-state index in [0.717, 1.165) is 6.29 Å². The van der Waals surface area contributed by atoms with Crippen LogP contribution in [0.3, 0.4) is 0 Å². The summed E-state index contributed by atoms with van der Waals surface area (Å²) in [7, 11) is 3.15. The highest BCUT2D eigenvalue weighted by Gasteiger charge is 2.78. The molecule has 0 aromatic carbocycles. The fourth-order valence-corrected chi connectivity index (χ4v) is 2.84. The molecule has 0 aromatic heterocycles. The number of carbonyl (C=O) groups is 1. The molecule has 2 aliphatic heterocycles. The topological polar surface area (TPSA) is 66.0 Å². The first-order valence-corrected chi connectivity index (χ1v) is 5.82. The third kappa shape index (κ3) is 1.42. The first-order chi connectivity index (χ1) is 8.20. The molecule has 2 heterocycles. The van der Waals surface area contributed by atoms with Gasteiger partial charge in [0.1, 0.15) is 12.4 Å². The molecule has 5 atom stereocenters. The molecule has 3 rings (SSSR count). The van der Waals surface area contributed by atoms with Gasteiger partial charge in [-0.25, -0.2) is 0 Å². The van der Waals surface area contributed by atoms with Crippen molar-refractivity contribution in [2.45, 2.75) is 30.2 Å². The van der Waals surface area contributed by atoms with E-state index in [4.69, 9.17) is 18.9 Å². The lowest BCUT2D eigenvalue weighted by atomic mass is 9.94. The summed E-state index contributed by atoms with van der Waals surface area (Å²) in [6.45, 7) is 1.29. The molecular formula is C11H17NO5. The van der Waals surface area contributed by atoms with E-state index in [1.54, 1.807) is 14.2 Å². The molecule has 1 aliphatic carbocycles. The van der Waals surface area contributed by atoms with E-state index in [0.29, 0.717) is 19.5 Å². The molecule has 17 heavy (non-hydrogen) atoms. The maximum absolute atomic E-state index is 11.0. The van der Waals surface area contributed by atoms with E-state index in [1.165, 1.54) is 0 Å². The van der Waals surface area contributed by atoms with Crippen LogP contribution in [0.1, 0.15) is 6.42 Å². The second-order valence-electron chi connectivity index (χ2n) is 4.79. The number of aldehydes is 1. The van der Waals surface area contributed by atoms with Gasteiger partial charge in [0, 0.05) is 27.3 Å². The van der Waals surface area contributed by atoms with Crippen LogP contribution in [0.2, 0.25) is 0 Å². The van der Waals surface area contributed by atoms with Crippen LogP contribution >= 0.6 is 0 Å². The maximum Gasteiger partial charge on any atom is 0.229 e. The van der Waals surface area contributed by atoms with Crippen LogP contribution < -0.4 is 5.32 Å². The smallest absolute Gasteiger partial charge is 0.229 e. The lowest BCUT2D eigenvalue weighted by Crippen LogP contribution is -2.61. The quantitative estimate of drug-likeness (QED) is 0.660. The largest absolute Gasteiger partial charge is 0.349 e. The van der Waals surface area contributed by atoms with E-state index in [9.17, 15) is 4.79 Å². The molecule has 6 nitrogen and oxygen atoms in total. The van der Waals surface area contributed by atoms with Crippen LogP contribution in [-0.4, -0.2) is 57.4 Å². The predicted octanol–water partition coefficient (Wildman–Crippen LogP) is -0.722. The van der Waals surface area contributed by atoms with Gasteiger partial charge in [-0.15, -0.1) is 0 Å². The fraction of sp³-hybridized carbons (Fsp3) is 0.909. The van der Waals surface area contributed by atoms with Crippen LogP contribution in [0.5, 0.6) is 0 Å². The molecule has 1 saturated carbocycles. The lowest BCUT2D eigenvalue weighted by molar-refractivity contribution is -0.357. The van der Waals surface area contributed by atoms with Gasteiger partial charge in [0.15, 0.2) is 0 Å². The predicted molar refractivity (Wildman–Crippen MR) is 56.3 cm³/mol. The summed E-state index contributed by atoms with van der Waals surface area (Å²) in [6.07, 6.45) is 1.05. The van der Waals surface area contributed by atoms with Crippen molar-refractivity contribution in [1.29, 1.82) is 0 Å². The normalized spacial score (nSPS) is 52.5. The zero-order valence-electron chi connectivity index (χ0n) is 9.97. The second kappa shape index (κ2) is 3.73. The van der Waals surface area contributed by atoms with Crippen molar-refractivity contribution in [3.05, 3.63) is 0 Å². The highest BCUT2D eigenvalue weighted by Crippen LogP contribution is 2.59. The standard InChI is InChI=1S/C11H17NO5/c1-14-10-6-11(10,15-2)17-9-7(5-13)3-12-4-8(9)16-10/h5,7-9,12H,3-4,6H2,1-2H3/t7-,8-,9-,10+,11+/m1/s1. The third-order valence-corrected chi connectivity index (χ3v) is 3.94. The summed E-state index contributed by atoms with van der Waals surface area (Å²) in [6, 6.07) is 0. The molecule has 1 N–H and O–H groups in total. The molecule has 0 amide bonds. The Labute approximate surface area is 99.5 Å². The maximum atomic E-state index is 11.0. The number of nitrogens with one attached hydrogen (secondary N) is 1. The average Bonchev–Trinajstić information content (AvgIpc) is 3.04. The average molecular weight is 243 g/mol. The second-order valence-corrected chi connectivity index (χ2v) is 4.79. The van der Waals surface area contributed by atoms with Crippen molar-refractivity contribution in [1.82, 2.24) is 5.32 Å². The third-order valence-electron chi connectivity index (χ3n) is 3.94. The van der Waals surface area contributed by atoms with Gasteiger partial charge < -0.3 is 29.1 Å². The van der Waals surface area contributed by atoms with Gasteiger partial charge in [-0.1, -0.05) is 0 Å². The molecule has 0 bridgehead atoms. The number of carbonyl (C=O) groups excluding carboxylic acids is 1. The monoisotopic (exact) mass is 243 g/mol. The molecule has 0 radical (unpaired) electrons. The molecule has 3 fully saturated rings. The number of piperidine rings is 1. The van der Waals surface area contributed by atoms with Gasteiger partial charge in [0.05, 0.1) is 18.4 Å². The van der Waals surface area contributed by atoms with Crippen LogP contribution in [0.15, 0.2) is 0 Å². The zero-order valence-corrected chi connectivity index (χ0v) is 9.97. The number of hydrogen-bond donors (Lipinski definition) is 1. The number of rotatable bonds is 3. The summed E-state index contributed by atoms with van der Waals surface area (Å²) < 4.78 is 22.6. The molecule has 0 unspecified atom stereocenters. The van der Waals surface area contributed by atoms with E-state index >= 15 is 0 Å². The van der Waals surface area contributed by atoms with Crippen LogP contribution in [0, 0.1) is 5.92 Å². The van der Waals surface area contributed by atoms with Crippen molar-refractivity contribution in [2.75, 3.05) is 27.3 Å². The Bertz CT molecular complexity index is 338. The molecule has 6 heteroatoms. The molecular weight excluding hydrogens is 226 g/mol. The Morgan fingerprint density at radius 1 is 1.24 bits per heavy atom. The number of methoxy groups -OCH3 is 2. The fourth-order valence-electron chi connectivity index (χ4n) is 2.84. The van der Waals surface area contributed by atoms with Gasteiger partial charge in [-0.2, -0.15) is 0 Å². The van der Waals surface area contributed by atoms with Crippen molar-refractivity contribution >= 4 is 6.29 Å².